The summed E-state index contributed by atoms with van der Waals surface area (Å²) < 4.78 is 17.0. The number of carbonyl (C=O) groups is 1. The Morgan fingerprint density at radius 2 is 2.00 bits per heavy atom. The van der Waals surface area contributed by atoms with E-state index in [0.29, 0.717) is 31.2 Å². The van der Waals surface area contributed by atoms with Gasteiger partial charge in [0.2, 0.25) is 0 Å². The molecule has 0 aliphatic heterocycles. The zero-order valence-corrected chi connectivity index (χ0v) is 11.7. The van der Waals surface area contributed by atoms with Crippen molar-refractivity contribution >= 4 is 11.7 Å². The van der Waals surface area contributed by atoms with Crippen molar-refractivity contribution in [1.82, 2.24) is 4.57 Å². The molecule has 6 heteroatoms. The summed E-state index contributed by atoms with van der Waals surface area (Å²) in [6.07, 6.45) is 1.73. The molecule has 0 radical (unpaired) electrons. The molecule has 0 atom stereocenters. The van der Waals surface area contributed by atoms with Gasteiger partial charge < -0.3 is 24.5 Å². The zero-order valence-electron chi connectivity index (χ0n) is 11.7. The Morgan fingerprint density at radius 1 is 1.32 bits per heavy atom. The number of nitrogens with zero attached hydrogens (tertiary/aromatic N) is 1. The van der Waals surface area contributed by atoms with E-state index in [1.54, 1.807) is 23.9 Å². The highest BCUT2D eigenvalue weighted by Crippen LogP contribution is 2.17. The van der Waals surface area contributed by atoms with Crippen LogP contribution in [-0.2, 0) is 14.2 Å². The van der Waals surface area contributed by atoms with Crippen LogP contribution in [-0.4, -0.2) is 44.1 Å². The first-order chi connectivity index (χ1) is 9.06. The SMILES string of the molecule is COCCOCCOC(=O)c1cc(N)cn1C(C)C. The molecule has 1 rings (SSSR count). The summed E-state index contributed by atoms with van der Waals surface area (Å²) in [5.74, 6) is -0.388. The van der Waals surface area contributed by atoms with Gasteiger partial charge in [0.1, 0.15) is 12.3 Å². The fraction of sp³-hybridized carbons (Fsp3) is 0.615. The van der Waals surface area contributed by atoms with Crippen LogP contribution in [0.15, 0.2) is 12.3 Å². The number of aromatic nitrogens is 1. The molecule has 0 aliphatic rings. The van der Waals surface area contributed by atoms with E-state index in [9.17, 15) is 4.79 Å². The lowest BCUT2D eigenvalue weighted by Gasteiger charge is -2.12. The highest BCUT2D eigenvalue weighted by atomic mass is 16.6. The fourth-order valence-corrected chi connectivity index (χ4v) is 1.60. The number of methoxy groups -OCH3 is 1. The third-order valence-electron chi connectivity index (χ3n) is 2.53. The fourth-order valence-electron chi connectivity index (χ4n) is 1.60. The van der Waals surface area contributed by atoms with Crippen molar-refractivity contribution in [2.75, 3.05) is 39.3 Å². The van der Waals surface area contributed by atoms with Gasteiger partial charge in [-0.05, 0) is 19.9 Å². The van der Waals surface area contributed by atoms with E-state index in [2.05, 4.69) is 0 Å². The highest BCUT2D eigenvalue weighted by Gasteiger charge is 2.15. The van der Waals surface area contributed by atoms with Crippen LogP contribution in [0.25, 0.3) is 0 Å². The molecule has 19 heavy (non-hydrogen) atoms. The maximum Gasteiger partial charge on any atom is 0.355 e. The number of nitrogens with two attached hydrogens (primary N) is 1. The minimum atomic E-state index is -0.388. The molecular weight excluding hydrogens is 248 g/mol. The largest absolute Gasteiger partial charge is 0.459 e. The van der Waals surface area contributed by atoms with Crippen LogP contribution in [0.3, 0.4) is 0 Å². The van der Waals surface area contributed by atoms with E-state index >= 15 is 0 Å². The van der Waals surface area contributed by atoms with Gasteiger partial charge in [0.05, 0.1) is 25.5 Å². The first kappa shape index (κ1) is 15.5. The summed E-state index contributed by atoms with van der Waals surface area (Å²) >= 11 is 0. The molecule has 0 aromatic carbocycles. The minimum Gasteiger partial charge on any atom is -0.459 e. The van der Waals surface area contributed by atoms with Gasteiger partial charge in [-0.15, -0.1) is 0 Å². The van der Waals surface area contributed by atoms with Crippen LogP contribution < -0.4 is 5.73 Å². The Balaban J connectivity index is 2.41. The van der Waals surface area contributed by atoms with E-state index in [0.717, 1.165) is 0 Å². The Hall–Kier alpha value is -1.53. The molecule has 0 aliphatic carbocycles. The lowest BCUT2D eigenvalue weighted by Crippen LogP contribution is -2.16. The van der Waals surface area contributed by atoms with Gasteiger partial charge in [0.25, 0.3) is 0 Å². The summed E-state index contributed by atoms with van der Waals surface area (Å²) in [7, 11) is 1.61. The van der Waals surface area contributed by atoms with Crippen LogP contribution in [0.2, 0.25) is 0 Å². The molecule has 108 valence electrons. The van der Waals surface area contributed by atoms with Gasteiger partial charge in [-0.1, -0.05) is 0 Å². The van der Waals surface area contributed by atoms with Crippen LogP contribution in [0.5, 0.6) is 0 Å². The lowest BCUT2D eigenvalue weighted by molar-refractivity contribution is 0.0205. The van der Waals surface area contributed by atoms with E-state index in [1.165, 1.54) is 0 Å². The quantitative estimate of drug-likeness (QED) is 0.572. The van der Waals surface area contributed by atoms with E-state index < -0.39 is 0 Å². The third-order valence-corrected chi connectivity index (χ3v) is 2.53. The van der Waals surface area contributed by atoms with Gasteiger partial charge in [-0.2, -0.15) is 0 Å². The zero-order chi connectivity index (χ0) is 14.3. The predicted octanol–water partition coefficient (Wildman–Crippen LogP) is 1.47. The molecule has 1 aromatic heterocycles. The lowest BCUT2D eigenvalue weighted by atomic mass is 10.3. The normalized spacial score (nSPS) is 10.9. The van der Waals surface area contributed by atoms with Gasteiger partial charge in [0.15, 0.2) is 0 Å². The molecule has 0 saturated heterocycles. The molecule has 0 amide bonds. The average molecular weight is 270 g/mol. The smallest absolute Gasteiger partial charge is 0.355 e. The first-order valence-electron chi connectivity index (χ1n) is 6.27. The second-order valence-electron chi connectivity index (χ2n) is 4.40. The Kier molecular flexibility index (Phi) is 6.38. The molecule has 0 fully saturated rings. The van der Waals surface area contributed by atoms with Crippen molar-refractivity contribution in [2.45, 2.75) is 19.9 Å². The molecule has 1 heterocycles. The maximum atomic E-state index is 11.9. The molecular formula is C13H22N2O4. The summed E-state index contributed by atoms with van der Waals surface area (Å²) in [4.78, 5) is 11.9. The average Bonchev–Trinajstić information content (AvgIpc) is 2.76. The highest BCUT2D eigenvalue weighted by molar-refractivity contribution is 5.89. The van der Waals surface area contributed by atoms with E-state index in [1.807, 2.05) is 13.8 Å². The number of ether oxygens (including phenoxy) is 3. The van der Waals surface area contributed by atoms with Crippen molar-refractivity contribution in [3.8, 4) is 0 Å². The first-order valence-corrected chi connectivity index (χ1v) is 6.27. The van der Waals surface area contributed by atoms with Gasteiger partial charge in [-0.25, -0.2) is 4.79 Å². The standard InChI is InChI=1S/C13H22N2O4/c1-10(2)15-9-11(14)8-12(15)13(16)19-7-6-18-5-4-17-3/h8-10H,4-7,14H2,1-3H3. The monoisotopic (exact) mass is 270 g/mol. The topological polar surface area (TPSA) is 75.7 Å². The molecule has 6 nitrogen and oxygen atoms in total. The predicted molar refractivity (Wildman–Crippen MR) is 72.2 cm³/mol. The van der Waals surface area contributed by atoms with Crippen molar-refractivity contribution < 1.29 is 19.0 Å². The number of anilines is 1. The van der Waals surface area contributed by atoms with E-state index in [-0.39, 0.29) is 18.6 Å². The van der Waals surface area contributed by atoms with Crippen LogP contribution in [0.1, 0.15) is 30.4 Å². The van der Waals surface area contributed by atoms with Crippen LogP contribution in [0, 0.1) is 0 Å². The maximum absolute atomic E-state index is 11.9. The molecule has 0 bridgehead atoms. The summed E-state index contributed by atoms with van der Waals surface area (Å²) in [6, 6.07) is 1.77. The number of nitrogen functional groups attached to an aromatic ring is 1. The summed E-state index contributed by atoms with van der Waals surface area (Å²) in [5.41, 5.74) is 6.71. The number of esters is 1. The molecule has 0 saturated carbocycles. The minimum absolute atomic E-state index is 0.151. The number of carbonyl (C=O) groups excluding carboxylic acids is 1. The molecule has 2 N–H and O–H groups in total. The van der Waals surface area contributed by atoms with E-state index in [4.69, 9.17) is 19.9 Å². The van der Waals surface area contributed by atoms with Crippen LogP contribution >= 0.6 is 0 Å². The molecule has 1 aromatic rings. The number of rotatable bonds is 8. The Bertz CT molecular complexity index is 401. The summed E-state index contributed by atoms with van der Waals surface area (Å²) in [6.45, 7) is 5.54. The van der Waals surface area contributed by atoms with Gasteiger partial charge >= 0.3 is 5.97 Å². The van der Waals surface area contributed by atoms with Crippen molar-refractivity contribution in [1.29, 1.82) is 0 Å². The third kappa shape index (κ3) is 4.92. The Morgan fingerprint density at radius 3 is 2.63 bits per heavy atom. The molecule has 0 unspecified atom stereocenters. The molecule has 0 spiro atoms. The summed E-state index contributed by atoms with van der Waals surface area (Å²) in [5, 5.41) is 0. The second kappa shape index (κ2) is 7.81. The number of hydrogen-bond acceptors (Lipinski definition) is 5. The number of hydrogen-bond donors (Lipinski definition) is 1. The van der Waals surface area contributed by atoms with Gasteiger partial charge in [0, 0.05) is 19.3 Å². The van der Waals surface area contributed by atoms with Crippen LogP contribution in [0.4, 0.5) is 5.69 Å². The Labute approximate surface area is 113 Å². The van der Waals surface area contributed by atoms with Crippen molar-refractivity contribution in [3.63, 3.8) is 0 Å². The van der Waals surface area contributed by atoms with Crippen molar-refractivity contribution in [2.24, 2.45) is 0 Å². The van der Waals surface area contributed by atoms with Crippen molar-refractivity contribution in [3.05, 3.63) is 18.0 Å². The second-order valence-corrected chi connectivity index (χ2v) is 4.40. The van der Waals surface area contributed by atoms with Gasteiger partial charge in [-0.3, -0.25) is 0 Å².